The first kappa shape index (κ1) is 14.5. The lowest BCUT2D eigenvalue weighted by molar-refractivity contribution is -0.156. The maximum absolute atomic E-state index is 11.6. The molecule has 22 heavy (non-hydrogen) atoms. The average Bonchev–Trinajstić information content (AvgIpc) is 3.16. The van der Waals surface area contributed by atoms with E-state index in [1.807, 2.05) is 0 Å². The number of aromatic nitrogens is 2. The van der Waals surface area contributed by atoms with Crippen molar-refractivity contribution in [2.45, 2.75) is 38.8 Å². The summed E-state index contributed by atoms with van der Waals surface area (Å²) in [4.78, 5) is 42.0. The van der Waals surface area contributed by atoms with Crippen LogP contribution in [0.4, 0.5) is 0 Å². The van der Waals surface area contributed by atoms with E-state index in [1.54, 1.807) is 11.9 Å². The average molecular weight is 314 g/mol. The first-order valence-corrected chi connectivity index (χ1v) is 7.25. The zero-order valence-corrected chi connectivity index (χ0v) is 12.2. The van der Waals surface area contributed by atoms with Crippen molar-refractivity contribution < 1.29 is 29.0 Å². The molecule has 0 aliphatic carbocycles. The van der Waals surface area contributed by atoms with Crippen LogP contribution >= 0.6 is 0 Å². The monoisotopic (exact) mass is 314 g/mol. The molecule has 2 atom stereocenters. The number of aliphatic carboxylic acids is 1. The fourth-order valence-corrected chi connectivity index (χ4v) is 2.75. The van der Waals surface area contributed by atoms with Crippen LogP contribution in [0.25, 0.3) is 0 Å². The molecule has 122 valence electrons. The second-order valence-electron chi connectivity index (χ2n) is 5.52. The number of carboxylic acid groups (broad SMARTS) is 1. The van der Waals surface area contributed by atoms with Crippen LogP contribution in [0.5, 0.6) is 0 Å². The quantitative estimate of drug-likeness (QED) is 0.711. The lowest BCUT2D eigenvalue weighted by atomic mass is 10.00. The molecule has 2 fully saturated rings. The van der Waals surface area contributed by atoms with Crippen molar-refractivity contribution in [1.29, 1.82) is 0 Å². The van der Waals surface area contributed by atoms with Crippen LogP contribution in [0.3, 0.4) is 0 Å². The third kappa shape index (κ3) is 2.68. The third-order valence-electron chi connectivity index (χ3n) is 3.95. The van der Waals surface area contributed by atoms with E-state index in [1.165, 1.54) is 4.96 Å². The summed E-state index contributed by atoms with van der Waals surface area (Å²) < 4.78 is 5.11. The minimum Gasteiger partial charge on any atom is -0.481 e. The van der Waals surface area contributed by atoms with Crippen LogP contribution in [0.15, 0.2) is 4.63 Å². The number of hydrogen-bond acceptors (Lipinski definition) is 6. The van der Waals surface area contributed by atoms with Gasteiger partial charge in [-0.3, -0.25) is 19.4 Å². The highest BCUT2D eigenvalue weighted by Gasteiger charge is 2.37. The van der Waals surface area contributed by atoms with E-state index < -0.39 is 18.1 Å². The molecule has 10 heteroatoms. The summed E-state index contributed by atoms with van der Waals surface area (Å²) in [6.07, 6.45) is 0.997. The Bertz CT molecular complexity index is 571. The molecule has 1 aromatic rings. The number of carbonyl (C=O) groups excluding carboxylic acids is 2. The van der Waals surface area contributed by atoms with Crippen molar-refractivity contribution >= 4 is 17.8 Å². The molecule has 3 heterocycles. The molecule has 0 spiro atoms. The molecular formula is C12H18N4O6. The number of carbonyl (C=O) groups is 3. The molecule has 0 aromatic carbocycles. The van der Waals surface area contributed by atoms with Crippen LogP contribution < -0.4 is 9.85 Å². The molecule has 1 N–H and O–H groups in total. The first-order valence-electron chi connectivity index (χ1n) is 7.25. The molecule has 2 aliphatic heterocycles. The molecule has 0 saturated carbocycles. The van der Waals surface area contributed by atoms with E-state index >= 15 is 0 Å². The van der Waals surface area contributed by atoms with Gasteiger partial charge in [0, 0.05) is 24.3 Å². The van der Waals surface area contributed by atoms with Gasteiger partial charge in [-0.1, -0.05) is 0 Å². The summed E-state index contributed by atoms with van der Waals surface area (Å²) in [5.41, 5.74) is 0. The van der Waals surface area contributed by atoms with Gasteiger partial charge in [-0.2, -0.15) is 4.63 Å². The number of likely N-dealkylation sites (tertiary alicyclic amines) is 1. The molecule has 2 unspecified atom stereocenters. The van der Waals surface area contributed by atoms with Crippen LogP contribution in [0.2, 0.25) is 0 Å². The van der Waals surface area contributed by atoms with Crippen molar-refractivity contribution in [3.8, 4) is 0 Å². The number of imide groups is 1. The number of carboxylic acids is 1. The van der Waals surface area contributed by atoms with Crippen molar-refractivity contribution in [2.24, 2.45) is 5.92 Å². The first-order chi connectivity index (χ1) is 10.5. The Morgan fingerprint density at radius 3 is 2.68 bits per heavy atom. The summed E-state index contributed by atoms with van der Waals surface area (Å²) in [5.74, 6) is -1.82. The Labute approximate surface area is 125 Å². The fourth-order valence-electron chi connectivity index (χ4n) is 2.75. The lowest BCUT2D eigenvalue weighted by Crippen LogP contribution is -2.46. The predicted octanol–water partition coefficient (Wildman–Crippen LogP) is -0.761. The Hall–Kier alpha value is -2.39. The number of rotatable bonds is 5. The van der Waals surface area contributed by atoms with Crippen LogP contribution in [-0.2, 0) is 14.4 Å². The summed E-state index contributed by atoms with van der Waals surface area (Å²) in [6.45, 7) is 2.56. The van der Waals surface area contributed by atoms with Gasteiger partial charge in [-0.25, -0.2) is 4.90 Å². The number of hydrogen-bond donors (Lipinski definition) is 1. The fraction of sp³-hybridized carbons (Fsp3) is 0.750. The molecule has 2 saturated heterocycles. The minimum absolute atomic E-state index is 0.198. The van der Waals surface area contributed by atoms with Crippen molar-refractivity contribution in [1.82, 2.24) is 14.9 Å². The summed E-state index contributed by atoms with van der Waals surface area (Å²) in [7, 11) is 0. The van der Waals surface area contributed by atoms with E-state index in [4.69, 9.17) is 14.6 Å². The van der Waals surface area contributed by atoms with Gasteiger partial charge in [0.1, 0.15) is 5.02 Å². The van der Waals surface area contributed by atoms with Crippen molar-refractivity contribution in [2.75, 3.05) is 18.1 Å². The van der Waals surface area contributed by atoms with Gasteiger partial charge in [-0.15, -0.1) is 0 Å². The van der Waals surface area contributed by atoms with E-state index in [0.717, 1.165) is 16.3 Å². The van der Waals surface area contributed by atoms with Crippen LogP contribution in [0, 0.1) is 5.92 Å². The smallest absolute Gasteiger partial charge is 0.308 e. The van der Waals surface area contributed by atoms with Gasteiger partial charge < -0.3 is 9.94 Å². The molecule has 2 amide bonds. The summed E-state index contributed by atoms with van der Waals surface area (Å²) in [5, 5.41) is 11.8. The molecule has 2 aliphatic rings. The van der Waals surface area contributed by atoms with E-state index in [-0.39, 0.29) is 24.7 Å². The largest absolute Gasteiger partial charge is 0.481 e. The SMILES string of the molecule is CC(On1on1N1CCCC(C(=O)O)C1)N1C(=O)CCC1=O. The highest BCUT2D eigenvalue weighted by atomic mass is 17.0. The van der Waals surface area contributed by atoms with Gasteiger partial charge >= 0.3 is 5.97 Å². The molecule has 10 nitrogen and oxygen atoms in total. The summed E-state index contributed by atoms with van der Waals surface area (Å²) in [6, 6.07) is 0. The topological polar surface area (TPSA) is 110 Å². The van der Waals surface area contributed by atoms with E-state index in [2.05, 4.69) is 0 Å². The maximum atomic E-state index is 11.6. The third-order valence-corrected chi connectivity index (χ3v) is 3.95. The van der Waals surface area contributed by atoms with Crippen molar-refractivity contribution in [3.05, 3.63) is 0 Å². The maximum Gasteiger partial charge on any atom is 0.308 e. The highest BCUT2D eigenvalue weighted by molar-refractivity contribution is 6.02. The Kier molecular flexibility index (Phi) is 3.59. The predicted molar refractivity (Wildman–Crippen MR) is 70.1 cm³/mol. The van der Waals surface area contributed by atoms with E-state index in [9.17, 15) is 14.4 Å². The van der Waals surface area contributed by atoms with Crippen molar-refractivity contribution in [3.63, 3.8) is 0 Å². The van der Waals surface area contributed by atoms with Crippen LogP contribution in [-0.4, -0.2) is 57.1 Å². The zero-order chi connectivity index (χ0) is 15.9. The number of amides is 2. The highest BCUT2D eigenvalue weighted by Crippen LogP contribution is 2.18. The van der Waals surface area contributed by atoms with Gasteiger partial charge in [0.15, 0.2) is 0 Å². The number of nitrogens with zero attached hydrogens (tertiary/aromatic N) is 4. The second kappa shape index (κ2) is 5.43. The van der Waals surface area contributed by atoms with Gasteiger partial charge in [0.2, 0.25) is 18.0 Å². The lowest BCUT2D eigenvalue weighted by Gasteiger charge is -2.27. The van der Waals surface area contributed by atoms with Gasteiger partial charge in [-0.05, 0) is 19.8 Å². The standard InChI is InChI=1S/C12H18N4O6/c1-8(14-10(17)4-5-11(14)18)21-16-15(22-16)13-6-2-3-9(7-13)12(19)20/h8-9H,2-7H2,1H3,(H,19,20). The molecule has 3 rings (SSSR count). The normalized spacial score (nSPS) is 24.1. The zero-order valence-electron chi connectivity index (χ0n) is 12.2. The Morgan fingerprint density at radius 2 is 2.05 bits per heavy atom. The second-order valence-corrected chi connectivity index (χ2v) is 5.52. The molecular weight excluding hydrogens is 296 g/mol. The van der Waals surface area contributed by atoms with Gasteiger partial charge in [0.05, 0.1) is 12.5 Å². The summed E-state index contributed by atoms with van der Waals surface area (Å²) >= 11 is 0. The number of piperidine rings is 1. The molecule has 1 aromatic heterocycles. The minimum atomic E-state index is -0.833. The Balaban J connectivity index is 1.57. The van der Waals surface area contributed by atoms with Gasteiger partial charge in [0.25, 0.3) is 0 Å². The molecule has 0 radical (unpaired) electrons. The molecule has 0 bridgehead atoms. The van der Waals surface area contributed by atoms with E-state index in [0.29, 0.717) is 19.5 Å². The van der Waals surface area contributed by atoms with Crippen LogP contribution in [0.1, 0.15) is 32.6 Å². The Morgan fingerprint density at radius 1 is 1.36 bits per heavy atom.